The highest BCUT2D eigenvalue weighted by atomic mass is 16.5. The first kappa shape index (κ1) is 21.0. The summed E-state index contributed by atoms with van der Waals surface area (Å²) in [5.41, 5.74) is 3.30. The summed E-state index contributed by atoms with van der Waals surface area (Å²) in [5, 5.41) is 13.5. The van der Waals surface area contributed by atoms with Gasteiger partial charge in [0.05, 0.1) is 11.7 Å². The largest absolute Gasteiger partial charge is 0.489 e. The van der Waals surface area contributed by atoms with Crippen LogP contribution >= 0.6 is 0 Å². The van der Waals surface area contributed by atoms with Crippen LogP contribution in [0.2, 0.25) is 0 Å². The van der Waals surface area contributed by atoms with Crippen molar-refractivity contribution < 1.29 is 19.4 Å². The van der Waals surface area contributed by atoms with Crippen molar-refractivity contribution >= 4 is 5.97 Å². The molecule has 0 fully saturated rings. The number of aryl methyl sites for hydroxylation is 1. The number of hydrogen-bond donors (Lipinski definition) is 2. The molecule has 2 heterocycles. The van der Waals surface area contributed by atoms with Gasteiger partial charge in [-0.05, 0) is 48.2 Å². The zero-order valence-electron chi connectivity index (χ0n) is 17.2. The second-order valence-corrected chi connectivity index (χ2v) is 7.62. The fourth-order valence-corrected chi connectivity index (χ4v) is 3.59. The lowest BCUT2D eigenvalue weighted by atomic mass is 10.00. The molecule has 0 amide bonds. The number of aliphatic hydroxyl groups excluding tert-OH is 1. The molecule has 0 radical (unpaired) electrons. The van der Waals surface area contributed by atoms with Crippen molar-refractivity contribution in [2.75, 3.05) is 13.1 Å². The molecular weight excluding hydrogens is 392 g/mol. The zero-order valence-corrected chi connectivity index (χ0v) is 17.2. The molecule has 2 N–H and O–H groups in total. The number of nitrogens with zero attached hydrogens (tertiary/aromatic N) is 1. The van der Waals surface area contributed by atoms with Gasteiger partial charge >= 0.3 is 5.97 Å². The quantitative estimate of drug-likeness (QED) is 0.546. The Morgan fingerprint density at radius 2 is 2.06 bits per heavy atom. The Labute approximate surface area is 181 Å². The maximum Gasteiger partial charge on any atom is 0.338 e. The molecule has 2 atom stereocenters. The van der Waals surface area contributed by atoms with E-state index < -0.39 is 6.10 Å². The van der Waals surface area contributed by atoms with Crippen LogP contribution in [0.4, 0.5) is 0 Å². The topological polar surface area (TPSA) is 80.7 Å². The fourth-order valence-electron chi connectivity index (χ4n) is 3.59. The molecule has 4 rings (SSSR count). The highest BCUT2D eigenvalue weighted by Crippen LogP contribution is 2.28. The normalized spacial score (nSPS) is 16.1. The predicted molar refractivity (Wildman–Crippen MR) is 117 cm³/mol. The number of carbonyl (C=O) groups excluding carboxylic acids is 1. The number of rotatable bonds is 8. The van der Waals surface area contributed by atoms with Crippen molar-refractivity contribution in [2.45, 2.75) is 31.7 Å². The monoisotopic (exact) mass is 418 g/mol. The van der Waals surface area contributed by atoms with Crippen molar-refractivity contribution in [2.24, 2.45) is 0 Å². The number of fused-ring (bicyclic) bond motifs is 1. The third-order valence-electron chi connectivity index (χ3n) is 5.32. The van der Waals surface area contributed by atoms with Crippen molar-refractivity contribution in [3.8, 4) is 5.75 Å². The van der Waals surface area contributed by atoms with Crippen LogP contribution in [-0.4, -0.2) is 35.3 Å². The lowest BCUT2D eigenvalue weighted by molar-refractivity contribution is 0.0472. The molecule has 3 aromatic rings. The molecule has 6 nitrogen and oxygen atoms in total. The number of nitrogens with one attached hydrogen (secondary N) is 1. The molecule has 6 heteroatoms. The van der Waals surface area contributed by atoms with E-state index in [2.05, 4.69) is 10.3 Å². The fraction of sp³-hybridized carbons (Fsp3) is 0.280. The predicted octanol–water partition coefficient (Wildman–Crippen LogP) is 3.46. The third-order valence-corrected chi connectivity index (χ3v) is 5.32. The minimum atomic E-state index is -0.603. The van der Waals surface area contributed by atoms with Crippen molar-refractivity contribution in [3.05, 3.63) is 95.3 Å². The molecule has 0 spiro atoms. The highest BCUT2D eigenvalue weighted by molar-refractivity contribution is 5.89. The van der Waals surface area contributed by atoms with Gasteiger partial charge in [-0.15, -0.1) is 0 Å². The van der Waals surface area contributed by atoms with Crippen molar-refractivity contribution in [3.63, 3.8) is 0 Å². The van der Waals surface area contributed by atoms with E-state index in [4.69, 9.17) is 9.47 Å². The van der Waals surface area contributed by atoms with Gasteiger partial charge in [0.1, 0.15) is 18.5 Å². The lowest BCUT2D eigenvalue weighted by Gasteiger charge is -2.27. The molecule has 31 heavy (non-hydrogen) atoms. The molecule has 1 aromatic heterocycles. The first-order chi connectivity index (χ1) is 15.2. The lowest BCUT2D eigenvalue weighted by Crippen LogP contribution is -2.36. The van der Waals surface area contributed by atoms with Crippen LogP contribution in [0.5, 0.6) is 5.75 Å². The maximum atomic E-state index is 12.4. The van der Waals surface area contributed by atoms with Crippen LogP contribution in [0.25, 0.3) is 0 Å². The maximum absolute atomic E-state index is 12.4. The van der Waals surface area contributed by atoms with Gasteiger partial charge in [-0.2, -0.15) is 0 Å². The summed E-state index contributed by atoms with van der Waals surface area (Å²) in [6, 6.07) is 18.7. The number of esters is 1. The second-order valence-electron chi connectivity index (χ2n) is 7.62. The van der Waals surface area contributed by atoms with E-state index in [9.17, 15) is 9.90 Å². The Morgan fingerprint density at radius 1 is 1.19 bits per heavy atom. The number of ether oxygens (including phenoxy) is 2. The minimum Gasteiger partial charge on any atom is -0.489 e. The number of hydrogen-bond acceptors (Lipinski definition) is 6. The second kappa shape index (κ2) is 10.2. The molecule has 0 aliphatic carbocycles. The first-order valence-electron chi connectivity index (χ1n) is 10.5. The summed E-state index contributed by atoms with van der Waals surface area (Å²) in [7, 11) is 0. The third kappa shape index (κ3) is 5.69. The number of aliphatic hydroxyl groups is 1. The number of benzene rings is 2. The summed E-state index contributed by atoms with van der Waals surface area (Å²) >= 11 is 0. The molecule has 0 saturated heterocycles. The van der Waals surface area contributed by atoms with Gasteiger partial charge in [0.25, 0.3) is 0 Å². The zero-order chi connectivity index (χ0) is 21.5. The molecule has 160 valence electrons. The van der Waals surface area contributed by atoms with Crippen molar-refractivity contribution in [1.82, 2.24) is 10.3 Å². The molecule has 1 aliphatic rings. The molecule has 0 saturated carbocycles. The van der Waals surface area contributed by atoms with E-state index in [-0.39, 0.29) is 18.7 Å². The number of carbonyl (C=O) groups is 1. The Bertz CT molecular complexity index is 995. The van der Waals surface area contributed by atoms with Gasteiger partial charge in [-0.3, -0.25) is 4.98 Å². The van der Waals surface area contributed by atoms with E-state index in [0.717, 1.165) is 35.3 Å². The van der Waals surface area contributed by atoms with Gasteiger partial charge in [0.2, 0.25) is 0 Å². The average molecular weight is 418 g/mol. The van der Waals surface area contributed by atoms with E-state index >= 15 is 0 Å². The molecule has 1 aliphatic heterocycles. The Hall–Kier alpha value is -3.22. The summed E-state index contributed by atoms with van der Waals surface area (Å²) in [4.78, 5) is 16.4. The van der Waals surface area contributed by atoms with Crippen molar-refractivity contribution in [1.29, 1.82) is 0 Å². The van der Waals surface area contributed by atoms with E-state index in [1.807, 2.05) is 54.6 Å². The van der Waals surface area contributed by atoms with Crippen LogP contribution in [0.3, 0.4) is 0 Å². The molecule has 2 aromatic carbocycles. The summed E-state index contributed by atoms with van der Waals surface area (Å²) < 4.78 is 11.5. The number of aromatic nitrogens is 1. The van der Waals surface area contributed by atoms with Gasteiger partial charge in [0, 0.05) is 31.0 Å². The van der Waals surface area contributed by atoms with Gasteiger partial charge < -0.3 is 19.9 Å². The van der Waals surface area contributed by atoms with E-state index in [0.29, 0.717) is 18.7 Å². The summed E-state index contributed by atoms with van der Waals surface area (Å²) in [5.74, 6) is 0.463. The molecule has 1 unspecified atom stereocenters. The Morgan fingerprint density at radius 3 is 2.87 bits per heavy atom. The SMILES string of the molecule is O=C(OCc1ccccc1)c1ccc2c(c1)CC[C@H](CNCC(O)c1cccnc1)O2. The van der Waals surface area contributed by atoms with Crippen LogP contribution in [0.1, 0.15) is 39.6 Å². The van der Waals surface area contributed by atoms with E-state index in [1.54, 1.807) is 18.5 Å². The van der Waals surface area contributed by atoms with Crippen LogP contribution in [-0.2, 0) is 17.8 Å². The summed E-state index contributed by atoms with van der Waals surface area (Å²) in [6.07, 6.45) is 4.43. The molecule has 0 bridgehead atoms. The highest BCUT2D eigenvalue weighted by Gasteiger charge is 2.21. The van der Waals surface area contributed by atoms with Gasteiger partial charge in [0.15, 0.2) is 0 Å². The Kier molecular flexibility index (Phi) is 6.92. The van der Waals surface area contributed by atoms with Crippen LogP contribution in [0, 0.1) is 0 Å². The molecular formula is C25H26N2O4. The standard InChI is InChI=1S/C25H26N2O4/c28-23(21-7-4-12-26-14-21)16-27-15-22-10-8-19-13-20(9-11-24(19)31-22)25(29)30-17-18-5-2-1-3-6-18/h1-7,9,11-14,22-23,27-28H,8,10,15-17H2/t22-,23?/m1/s1. The Balaban J connectivity index is 1.26. The van der Waals surface area contributed by atoms with Gasteiger partial charge in [-0.25, -0.2) is 4.79 Å². The average Bonchev–Trinajstić information content (AvgIpc) is 2.83. The van der Waals surface area contributed by atoms with Crippen LogP contribution < -0.4 is 10.1 Å². The van der Waals surface area contributed by atoms with Gasteiger partial charge in [-0.1, -0.05) is 36.4 Å². The number of pyridine rings is 1. The van der Waals surface area contributed by atoms with Crippen LogP contribution in [0.15, 0.2) is 73.1 Å². The minimum absolute atomic E-state index is 0.0180. The van der Waals surface area contributed by atoms with E-state index in [1.165, 1.54) is 0 Å². The first-order valence-corrected chi connectivity index (χ1v) is 10.5. The smallest absolute Gasteiger partial charge is 0.338 e. The summed E-state index contributed by atoms with van der Waals surface area (Å²) in [6.45, 7) is 1.33.